The van der Waals surface area contributed by atoms with E-state index in [-0.39, 0.29) is 5.72 Å². The van der Waals surface area contributed by atoms with Crippen molar-refractivity contribution < 1.29 is 4.74 Å². The first kappa shape index (κ1) is 7.65. The summed E-state index contributed by atoms with van der Waals surface area (Å²) in [5.74, 6) is 2.42. The molecule has 3 aliphatic rings. The van der Waals surface area contributed by atoms with E-state index < -0.39 is 0 Å². The fraction of sp³-hybridized carbons (Fsp3) is 1.00. The second-order valence-corrected chi connectivity index (χ2v) is 5.54. The minimum absolute atomic E-state index is 0.0819. The molecule has 2 spiro atoms. The van der Waals surface area contributed by atoms with Gasteiger partial charge in [-0.1, -0.05) is 0 Å². The molecule has 0 radical (unpaired) electrons. The Balaban J connectivity index is 1.69. The third kappa shape index (κ3) is 1.10. The fourth-order valence-electron chi connectivity index (χ4n) is 2.04. The Morgan fingerprint density at radius 2 is 2.17 bits per heavy atom. The van der Waals surface area contributed by atoms with E-state index in [0.717, 1.165) is 12.4 Å². The van der Waals surface area contributed by atoms with E-state index in [0.29, 0.717) is 5.41 Å². The van der Waals surface area contributed by atoms with E-state index in [4.69, 9.17) is 4.74 Å². The zero-order chi connectivity index (χ0) is 8.07. The van der Waals surface area contributed by atoms with Crippen LogP contribution in [-0.4, -0.2) is 30.4 Å². The predicted octanol–water partition coefficient (Wildman–Crippen LogP) is 1.22. The average Bonchev–Trinajstić information content (AvgIpc) is 2.72. The van der Waals surface area contributed by atoms with Crippen LogP contribution in [0.4, 0.5) is 0 Å². The molecule has 1 atom stereocenters. The van der Waals surface area contributed by atoms with Gasteiger partial charge in [-0.05, 0) is 25.0 Å². The molecule has 68 valence electrons. The number of hydrogen-bond acceptors (Lipinski definition) is 3. The van der Waals surface area contributed by atoms with Crippen molar-refractivity contribution in [2.75, 3.05) is 24.7 Å². The van der Waals surface area contributed by atoms with Gasteiger partial charge < -0.3 is 4.74 Å². The van der Waals surface area contributed by atoms with E-state index in [9.17, 15) is 0 Å². The largest absolute Gasteiger partial charge is 0.359 e. The van der Waals surface area contributed by atoms with Gasteiger partial charge >= 0.3 is 0 Å². The van der Waals surface area contributed by atoms with Crippen molar-refractivity contribution in [1.29, 1.82) is 0 Å². The van der Waals surface area contributed by atoms with Gasteiger partial charge in [0.1, 0.15) is 5.72 Å². The summed E-state index contributed by atoms with van der Waals surface area (Å²) in [7, 11) is 0. The smallest absolute Gasteiger partial charge is 0.129 e. The van der Waals surface area contributed by atoms with Crippen LogP contribution in [0.3, 0.4) is 0 Å². The Hall–Kier alpha value is 0.270. The lowest BCUT2D eigenvalue weighted by atomic mass is 10.0. The van der Waals surface area contributed by atoms with Crippen LogP contribution >= 0.6 is 11.8 Å². The monoisotopic (exact) mass is 185 g/mol. The molecule has 1 saturated carbocycles. The molecule has 2 aliphatic heterocycles. The van der Waals surface area contributed by atoms with Gasteiger partial charge in [-0.25, -0.2) is 0 Å². The number of thioether (sulfide) groups is 1. The van der Waals surface area contributed by atoms with Gasteiger partial charge in [0.2, 0.25) is 0 Å². The van der Waals surface area contributed by atoms with Crippen molar-refractivity contribution in [3.05, 3.63) is 0 Å². The first-order valence-electron chi connectivity index (χ1n) is 4.80. The molecule has 2 saturated heterocycles. The number of ether oxygens (including phenoxy) is 1. The third-order valence-electron chi connectivity index (χ3n) is 3.38. The summed E-state index contributed by atoms with van der Waals surface area (Å²) in [6.07, 6.45) is 3.96. The number of hydrogen-bond donors (Lipinski definition) is 1. The van der Waals surface area contributed by atoms with Crippen LogP contribution < -0.4 is 5.32 Å². The van der Waals surface area contributed by atoms with Gasteiger partial charge in [-0.2, -0.15) is 11.8 Å². The average molecular weight is 185 g/mol. The number of rotatable bonds is 0. The molecule has 3 fully saturated rings. The van der Waals surface area contributed by atoms with Crippen molar-refractivity contribution in [1.82, 2.24) is 5.32 Å². The highest BCUT2D eigenvalue weighted by Gasteiger charge is 2.50. The molecular formula is C9H15NOS. The first-order chi connectivity index (χ1) is 5.83. The minimum atomic E-state index is 0.0819. The molecule has 1 aliphatic carbocycles. The Morgan fingerprint density at radius 3 is 2.67 bits per heavy atom. The second-order valence-electron chi connectivity index (χ2n) is 4.44. The molecule has 0 aromatic rings. The minimum Gasteiger partial charge on any atom is -0.359 e. The van der Waals surface area contributed by atoms with Gasteiger partial charge in [-0.15, -0.1) is 0 Å². The topological polar surface area (TPSA) is 21.3 Å². The lowest BCUT2D eigenvalue weighted by Gasteiger charge is -2.38. The summed E-state index contributed by atoms with van der Waals surface area (Å²) >= 11 is 2.01. The standard InChI is InChI=1S/C9H15NOS/c1-2-8(1)5-10-9(11-6-8)3-4-12-7-9/h10H,1-7H2. The van der Waals surface area contributed by atoms with Gasteiger partial charge in [0.05, 0.1) is 6.61 Å². The van der Waals surface area contributed by atoms with Crippen LogP contribution in [0.15, 0.2) is 0 Å². The van der Waals surface area contributed by atoms with E-state index in [1.165, 1.54) is 31.6 Å². The molecule has 0 aromatic carbocycles. The van der Waals surface area contributed by atoms with E-state index >= 15 is 0 Å². The van der Waals surface area contributed by atoms with E-state index in [1.54, 1.807) is 0 Å². The fourth-order valence-corrected chi connectivity index (χ4v) is 3.32. The summed E-state index contributed by atoms with van der Waals surface area (Å²) in [5.41, 5.74) is 0.650. The van der Waals surface area contributed by atoms with Crippen LogP contribution in [0.25, 0.3) is 0 Å². The Bertz CT molecular complexity index is 185. The molecular weight excluding hydrogens is 170 g/mol. The Kier molecular flexibility index (Phi) is 1.53. The molecule has 1 N–H and O–H groups in total. The van der Waals surface area contributed by atoms with Crippen LogP contribution in [-0.2, 0) is 4.74 Å². The molecule has 3 rings (SSSR count). The van der Waals surface area contributed by atoms with Crippen molar-refractivity contribution in [2.45, 2.75) is 25.0 Å². The third-order valence-corrected chi connectivity index (χ3v) is 4.55. The normalized spacial score (nSPS) is 44.0. The van der Waals surface area contributed by atoms with Gasteiger partial charge in [0.25, 0.3) is 0 Å². The molecule has 2 nitrogen and oxygen atoms in total. The highest BCUT2D eigenvalue weighted by molar-refractivity contribution is 7.99. The maximum absolute atomic E-state index is 5.97. The summed E-state index contributed by atoms with van der Waals surface area (Å²) in [6, 6.07) is 0. The zero-order valence-corrected chi connectivity index (χ0v) is 8.08. The summed E-state index contributed by atoms with van der Waals surface area (Å²) < 4.78 is 5.97. The molecule has 1 unspecified atom stereocenters. The lowest BCUT2D eigenvalue weighted by molar-refractivity contribution is -0.105. The molecule has 0 aromatic heterocycles. The molecule has 0 bridgehead atoms. The van der Waals surface area contributed by atoms with Crippen LogP contribution in [0, 0.1) is 5.41 Å². The summed E-state index contributed by atoms with van der Waals surface area (Å²) in [4.78, 5) is 0. The van der Waals surface area contributed by atoms with Gasteiger partial charge in [0, 0.05) is 17.7 Å². The highest BCUT2D eigenvalue weighted by Crippen LogP contribution is 2.49. The van der Waals surface area contributed by atoms with Gasteiger partial charge in [-0.3, -0.25) is 5.32 Å². The maximum Gasteiger partial charge on any atom is 0.129 e. The maximum atomic E-state index is 5.97. The van der Waals surface area contributed by atoms with Crippen LogP contribution in [0.5, 0.6) is 0 Å². The first-order valence-corrected chi connectivity index (χ1v) is 5.95. The summed E-state index contributed by atoms with van der Waals surface area (Å²) in [6.45, 7) is 2.22. The van der Waals surface area contributed by atoms with E-state index in [1.807, 2.05) is 11.8 Å². The molecule has 3 heteroatoms. The molecule has 2 heterocycles. The second kappa shape index (κ2) is 2.40. The zero-order valence-electron chi connectivity index (χ0n) is 7.27. The van der Waals surface area contributed by atoms with Crippen LogP contribution in [0.1, 0.15) is 19.3 Å². The van der Waals surface area contributed by atoms with Crippen molar-refractivity contribution in [2.24, 2.45) is 5.41 Å². The quantitative estimate of drug-likeness (QED) is 0.613. The number of nitrogens with one attached hydrogen (secondary N) is 1. The van der Waals surface area contributed by atoms with Crippen LogP contribution in [0.2, 0.25) is 0 Å². The van der Waals surface area contributed by atoms with E-state index in [2.05, 4.69) is 5.32 Å². The SMILES string of the molecule is C1CC2(CS1)NCC1(CC1)CO2. The van der Waals surface area contributed by atoms with Crippen molar-refractivity contribution >= 4 is 11.8 Å². The Labute approximate surface area is 77.4 Å². The Morgan fingerprint density at radius 1 is 1.25 bits per heavy atom. The molecule has 12 heavy (non-hydrogen) atoms. The van der Waals surface area contributed by atoms with Gasteiger partial charge in [0.15, 0.2) is 0 Å². The highest BCUT2D eigenvalue weighted by atomic mass is 32.2. The lowest BCUT2D eigenvalue weighted by Crippen LogP contribution is -2.55. The summed E-state index contributed by atoms with van der Waals surface area (Å²) in [5, 5.41) is 3.60. The van der Waals surface area contributed by atoms with Crippen molar-refractivity contribution in [3.8, 4) is 0 Å². The van der Waals surface area contributed by atoms with Crippen molar-refractivity contribution in [3.63, 3.8) is 0 Å². The predicted molar refractivity (Wildman–Crippen MR) is 50.3 cm³/mol. The molecule has 0 amide bonds.